The number of anilines is 1. The van der Waals surface area contributed by atoms with Crippen molar-refractivity contribution in [1.29, 1.82) is 0 Å². The number of carbonyl (C=O) groups is 2. The number of para-hydroxylation sites is 2. The minimum atomic E-state index is -0.225. The number of nitrogens with zero attached hydrogens (tertiary/aromatic N) is 1. The van der Waals surface area contributed by atoms with E-state index in [0.29, 0.717) is 22.9 Å². The first-order valence-corrected chi connectivity index (χ1v) is 12.8. The molecule has 1 fully saturated rings. The molecule has 0 unspecified atom stereocenters. The van der Waals surface area contributed by atoms with Crippen molar-refractivity contribution in [2.75, 3.05) is 4.90 Å². The Morgan fingerprint density at radius 2 is 1.69 bits per heavy atom. The highest BCUT2D eigenvalue weighted by Crippen LogP contribution is 2.36. The summed E-state index contributed by atoms with van der Waals surface area (Å²) >= 11 is 6.03. The molecule has 5 nitrogen and oxygen atoms in total. The molecule has 0 bridgehead atoms. The summed E-state index contributed by atoms with van der Waals surface area (Å²) in [5.41, 5.74) is 3.08. The largest absolute Gasteiger partial charge is 0.449 e. The van der Waals surface area contributed by atoms with Crippen molar-refractivity contribution in [3.63, 3.8) is 0 Å². The third-order valence-corrected chi connectivity index (χ3v) is 7.16. The SMILES string of the molecule is CC1CCC(NC(=O)c2ccc(C=C3Oc4ccccc4N(Cc4ccc(Cl)cc4)C3=O)cc2)CC1. The normalized spacial score (nSPS) is 20.6. The van der Waals surface area contributed by atoms with Gasteiger partial charge in [-0.1, -0.05) is 54.9 Å². The van der Waals surface area contributed by atoms with Gasteiger partial charge in [-0.15, -0.1) is 0 Å². The van der Waals surface area contributed by atoms with Crippen LogP contribution < -0.4 is 15.0 Å². The molecule has 1 aliphatic heterocycles. The molecule has 2 amide bonds. The second-order valence-electron chi connectivity index (χ2n) is 9.65. The summed E-state index contributed by atoms with van der Waals surface area (Å²) in [6.07, 6.45) is 6.10. The average molecular weight is 501 g/mol. The van der Waals surface area contributed by atoms with Gasteiger partial charge in [0.2, 0.25) is 0 Å². The topological polar surface area (TPSA) is 58.6 Å². The molecule has 1 aliphatic carbocycles. The Kier molecular flexibility index (Phi) is 7.10. The van der Waals surface area contributed by atoms with Crippen LogP contribution in [0.3, 0.4) is 0 Å². The van der Waals surface area contributed by atoms with E-state index in [9.17, 15) is 9.59 Å². The summed E-state index contributed by atoms with van der Waals surface area (Å²) in [5, 5.41) is 3.81. The summed E-state index contributed by atoms with van der Waals surface area (Å²) in [5.74, 6) is 1.31. The highest BCUT2D eigenvalue weighted by molar-refractivity contribution is 6.30. The number of rotatable bonds is 5. The highest BCUT2D eigenvalue weighted by atomic mass is 35.5. The van der Waals surface area contributed by atoms with Gasteiger partial charge in [-0.25, -0.2) is 0 Å². The maximum atomic E-state index is 13.4. The van der Waals surface area contributed by atoms with E-state index in [-0.39, 0.29) is 23.6 Å². The van der Waals surface area contributed by atoms with Crippen LogP contribution in [0.2, 0.25) is 5.02 Å². The molecule has 36 heavy (non-hydrogen) atoms. The molecule has 6 heteroatoms. The van der Waals surface area contributed by atoms with Gasteiger partial charge in [0.05, 0.1) is 12.2 Å². The zero-order valence-electron chi connectivity index (χ0n) is 20.2. The number of hydrogen-bond acceptors (Lipinski definition) is 3. The van der Waals surface area contributed by atoms with Crippen molar-refractivity contribution in [2.45, 2.75) is 45.2 Å². The molecule has 3 aromatic carbocycles. The first kappa shape index (κ1) is 24.1. The zero-order chi connectivity index (χ0) is 25.1. The lowest BCUT2D eigenvalue weighted by molar-refractivity contribution is -0.117. The Morgan fingerprint density at radius 3 is 2.42 bits per heavy atom. The number of ether oxygens (including phenoxy) is 1. The average Bonchev–Trinajstić information content (AvgIpc) is 2.89. The summed E-state index contributed by atoms with van der Waals surface area (Å²) in [7, 11) is 0. The lowest BCUT2D eigenvalue weighted by Gasteiger charge is -2.30. The van der Waals surface area contributed by atoms with Crippen molar-refractivity contribution in [3.8, 4) is 5.75 Å². The molecule has 1 saturated carbocycles. The van der Waals surface area contributed by atoms with E-state index in [1.54, 1.807) is 23.1 Å². The Bertz CT molecular complexity index is 1280. The zero-order valence-corrected chi connectivity index (χ0v) is 21.0. The van der Waals surface area contributed by atoms with Crippen molar-refractivity contribution in [2.24, 2.45) is 5.92 Å². The molecule has 0 atom stereocenters. The van der Waals surface area contributed by atoms with Gasteiger partial charge >= 0.3 is 0 Å². The predicted molar refractivity (Wildman–Crippen MR) is 143 cm³/mol. The summed E-state index contributed by atoms with van der Waals surface area (Å²) in [4.78, 5) is 27.8. The number of halogens is 1. The van der Waals surface area contributed by atoms with E-state index < -0.39 is 0 Å². The number of amides is 2. The van der Waals surface area contributed by atoms with E-state index in [0.717, 1.165) is 48.4 Å². The fraction of sp³-hybridized carbons (Fsp3) is 0.267. The molecule has 0 aromatic heterocycles. The van der Waals surface area contributed by atoms with Gasteiger partial charge < -0.3 is 10.1 Å². The monoisotopic (exact) mass is 500 g/mol. The van der Waals surface area contributed by atoms with Crippen LogP contribution in [0.25, 0.3) is 6.08 Å². The molecule has 1 heterocycles. The van der Waals surface area contributed by atoms with E-state index in [2.05, 4.69) is 12.2 Å². The quantitative estimate of drug-likeness (QED) is 0.401. The highest BCUT2D eigenvalue weighted by Gasteiger charge is 2.30. The second-order valence-corrected chi connectivity index (χ2v) is 10.1. The van der Waals surface area contributed by atoms with Crippen molar-refractivity contribution in [1.82, 2.24) is 5.32 Å². The molecule has 0 saturated heterocycles. The molecule has 1 N–H and O–H groups in total. The van der Waals surface area contributed by atoms with Crippen LogP contribution in [-0.2, 0) is 11.3 Å². The number of hydrogen-bond donors (Lipinski definition) is 1. The number of nitrogens with one attached hydrogen (secondary N) is 1. The van der Waals surface area contributed by atoms with Gasteiger partial charge in [0.1, 0.15) is 0 Å². The molecule has 3 aromatic rings. The fourth-order valence-electron chi connectivity index (χ4n) is 4.75. The molecule has 184 valence electrons. The van der Waals surface area contributed by atoms with Crippen LogP contribution in [0.5, 0.6) is 5.75 Å². The number of carbonyl (C=O) groups excluding carboxylic acids is 2. The summed E-state index contributed by atoms with van der Waals surface area (Å²) in [6.45, 7) is 2.66. The Labute approximate surface area is 216 Å². The van der Waals surface area contributed by atoms with Crippen LogP contribution in [0.15, 0.2) is 78.6 Å². The predicted octanol–water partition coefficient (Wildman–Crippen LogP) is 6.62. The number of benzene rings is 3. The smallest absolute Gasteiger partial charge is 0.294 e. The molecule has 2 aliphatic rings. The summed E-state index contributed by atoms with van der Waals surface area (Å²) < 4.78 is 5.99. The van der Waals surface area contributed by atoms with Crippen molar-refractivity contribution in [3.05, 3.63) is 100 Å². The van der Waals surface area contributed by atoms with Crippen LogP contribution in [0.4, 0.5) is 5.69 Å². The summed E-state index contributed by atoms with van der Waals surface area (Å²) in [6, 6.07) is 22.5. The van der Waals surface area contributed by atoms with Gasteiger partial charge in [0.15, 0.2) is 11.5 Å². The van der Waals surface area contributed by atoms with Crippen LogP contribution >= 0.6 is 11.6 Å². The second kappa shape index (κ2) is 10.6. The third kappa shape index (κ3) is 5.47. The third-order valence-electron chi connectivity index (χ3n) is 6.91. The van der Waals surface area contributed by atoms with E-state index in [1.807, 2.05) is 60.7 Å². The van der Waals surface area contributed by atoms with Crippen LogP contribution in [0, 0.1) is 5.92 Å². The Balaban J connectivity index is 1.33. The van der Waals surface area contributed by atoms with Crippen LogP contribution in [0.1, 0.15) is 54.1 Å². The lowest BCUT2D eigenvalue weighted by atomic mass is 9.87. The Hall–Kier alpha value is -3.57. The lowest BCUT2D eigenvalue weighted by Crippen LogP contribution is -2.37. The van der Waals surface area contributed by atoms with Gasteiger partial charge in [-0.3, -0.25) is 14.5 Å². The maximum Gasteiger partial charge on any atom is 0.294 e. The standard InChI is InChI=1S/C30H29ClN2O3/c1-20-6-16-25(17-7-20)32-29(34)23-12-8-21(9-13-23)18-28-30(35)33(19-22-10-14-24(31)15-11-22)26-4-2-3-5-27(26)36-28/h2-5,8-15,18,20,25H,6-7,16-17,19H2,1H3,(H,32,34). The molecular formula is C30H29ClN2O3. The first-order chi connectivity index (χ1) is 17.5. The van der Waals surface area contributed by atoms with Gasteiger partial charge in [-0.2, -0.15) is 0 Å². The number of fused-ring (bicyclic) bond motifs is 1. The maximum absolute atomic E-state index is 13.4. The van der Waals surface area contributed by atoms with Crippen molar-refractivity contribution < 1.29 is 14.3 Å². The van der Waals surface area contributed by atoms with E-state index in [4.69, 9.17) is 16.3 Å². The fourth-order valence-corrected chi connectivity index (χ4v) is 4.87. The van der Waals surface area contributed by atoms with Gasteiger partial charge in [0.25, 0.3) is 11.8 Å². The molecule has 5 rings (SSSR count). The van der Waals surface area contributed by atoms with Crippen molar-refractivity contribution >= 4 is 35.2 Å². The van der Waals surface area contributed by atoms with Gasteiger partial charge in [-0.05, 0) is 85.2 Å². The first-order valence-electron chi connectivity index (χ1n) is 12.4. The Morgan fingerprint density at radius 1 is 1.00 bits per heavy atom. The van der Waals surface area contributed by atoms with Crippen LogP contribution in [-0.4, -0.2) is 17.9 Å². The molecule has 0 radical (unpaired) electrons. The minimum absolute atomic E-state index is 0.0539. The molecule has 0 spiro atoms. The minimum Gasteiger partial charge on any atom is -0.449 e. The molecular weight excluding hydrogens is 472 g/mol. The van der Waals surface area contributed by atoms with Gasteiger partial charge in [0, 0.05) is 16.6 Å². The van der Waals surface area contributed by atoms with E-state index >= 15 is 0 Å². The van der Waals surface area contributed by atoms with E-state index in [1.165, 1.54) is 0 Å².